The second-order valence-electron chi connectivity index (χ2n) is 6.36. The summed E-state index contributed by atoms with van der Waals surface area (Å²) in [6.07, 6.45) is 4.11. The van der Waals surface area contributed by atoms with E-state index in [1.54, 1.807) is 11.8 Å². The Morgan fingerprint density at radius 3 is 2.89 bits per heavy atom. The van der Waals surface area contributed by atoms with E-state index in [0.29, 0.717) is 29.9 Å². The third kappa shape index (κ3) is 4.99. The van der Waals surface area contributed by atoms with E-state index in [0.717, 1.165) is 19.1 Å². The molecule has 3 rings (SSSR count). The Bertz CT molecular complexity index is 948. The number of aromatic nitrogens is 3. The average Bonchev–Trinajstić information content (AvgIpc) is 3.04. The second kappa shape index (κ2) is 8.15. The van der Waals surface area contributed by atoms with Gasteiger partial charge in [-0.15, -0.1) is 10.2 Å². The van der Waals surface area contributed by atoms with Crippen LogP contribution < -0.4 is 0 Å². The minimum absolute atomic E-state index is 0.0598. The highest BCUT2D eigenvalue weighted by molar-refractivity contribution is 7.99. The number of thioether (sulfide) groups is 1. The van der Waals surface area contributed by atoms with Crippen molar-refractivity contribution in [2.75, 3.05) is 25.1 Å². The first-order valence-electron chi connectivity index (χ1n) is 8.30. The molecule has 0 bridgehead atoms. The summed E-state index contributed by atoms with van der Waals surface area (Å²) in [4.78, 5) is 18.7. The number of halogens is 1. The van der Waals surface area contributed by atoms with Gasteiger partial charge in [0.05, 0.1) is 21.4 Å². The van der Waals surface area contributed by atoms with Crippen molar-refractivity contribution in [1.82, 2.24) is 20.1 Å². The van der Waals surface area contributed by atoms with Gasteiger partial charge in [-0.2, -0.15) is 0 Å². The summed E-state index contributed by atoms with van der Waals surface area (Å²) in [5.41, 5.74) is 0.472. The number of carbonyl (C=O) groups excluding carboxylic acids is 1. The molecule has 0 aromatic carbocycles. The van der Waals surface area contributed by atoms with Crippen LogP contribution in [0.1, 0.15) is 30.3 Å². The summed E-state index contributed by atoms with van der Waals surface area (Å²) >= 11 is 7.12. The standard InChI is InChI=1S/C16H19ClN4O4S2/c1-10-19-20-16(25-10)26-9-14(22)21-5-3-4-11(8-21)15-13(27(2,23)24)6-12(17)7-18-15/h6-7,11H,3-5,8-9H2,1-2H3. The molecule has 0 spiro atoms. The molecule has 1 amide bonds. The fourth-order valence-corrected chi connectivity index (χ4v) is 4.88. The van der Waals surface area contributed by atoms with Crippen LogP contribution in [0, 0.1) is 6.92 Å². The fraction of sp³-hybridized carbons (Fsp3) is 0.500. The van der Waals surface area contributed by atoms with Crippen molar-refractivity contribution in [3.05, 3.63) is 28.9 Å². The zero-order valence-electron chi connectivity index (χ0n) is 14.9. The monoisotopic (exact) mass is 430 g/mol. The van der Waals surface area contributed by atoms with E-state index in [2.05, 4.69) is 15.2 Å². The third-order valence-electron chi connectivity index (χ3n) is 4.24. The number of rotatable bonds is 5. The van der Waals surface area contributed by atoms with Crippen LogP contribution in [0.2, 0.25) is 5.02 Å². The van der Waals surface area contributed by atoms with Gasteiger partial charge >= 0.3 is 0 Å². The van der Waals surface area contributed by atoms with Crippen LogP contribution in [0.5, 0.6) is 0 Å². The van der Waals surface area contributed by atoms with E-state index >= 15 is 0 Å². The van der Waals surface area contributed by atoms with E-state index < -0.39 is 9.84 Å². The summed E-state index contributed by atoms with van der Waals surface area (Å²) in [6, 6.07) is 1.42. The van der Waals surface area contributed by atoms with E-state index in [4.69, 9.17) is 16.0 Å². The van der Waals surface area contributed by atoms with Gasteiger partial charge in [0.25, 0.3) is 5.22 Å². The number of carbonyl (C=O) groups is 1. The predicted molar refractivity (Wildman–Crippen MR) is 101 cm³/mol. The number of amides is 1. The molecule has 3 heterocycles. The molecule has 1 atom stereocenters. The van der Waals surface area contributed by atoms with Crippen LogP contribution in [-0.4, -0.2) is 59.5 Å². The Labute approximate surface area is 166 Å². The number of pyridine rings is 1. The SMILES string of the molecule is Cc1nnc(SCC(=O)N2CCCC(c3ncc(Cl)cc3S(C)(=O)=O)C2)o1. The van der Waals surface area contributed by atoms with Gasteiger partial charge in [0.15, 0.2) is 9.84 Å². The predicted octanol–water partition coefficient (Wildman–Crippen LogP) is 2.33. The van der Waals surface area contributed by atoms with Gasteiger partial charge < -0.3 is 9.32 Å². The molecule has 8 nitrogen and oxygen atoms in total. The Hall–Kier alpha value is -1.65. The lowest BCUT2D eigenvalue weighted by molar-refractivity contribution is -0.129. The van der Waals surface area contributed by atoms with Crippen LogP contribution in [0.25, 0.3) is 0 Å². The van der Waals surface area contributed by atoms with Crippen LogP contribution in [-0.2, 0) is 14.6 Å². The maximum atomic E-state index is 12.5. The van der Waals surface area contributed by atoms with E-state index in [1.807, 2.05) is 0 Å². The molecule has 1 unspecified atom stereocenters. The maximum absolute atomic E-state index is 12.5. The first kappa shape index (κ1) is 20.1. The first-order chi connectivity index (χ1) is 12.7. The van der Waals surface area contributed by atoms with Crippen molar-refractivity contribution in [2.24, 2.45) is 0 Å². The van der Waals surface area contributed by atoms with Crippen molar-refractivity contribution >= 4 is 39.1 Å². The summed E-state index contributed by atoms with van der Waals surface area (Å²) in [6.45, 7) is 2.73. The lowest BCUT2D eigenvalue weighted by Gasteiger charge is -2.33. The molecular formula is C16H19ClN4O4S2. The Balaban J connectivity index is 1.72. The molecule has 1 aliphatic heterocycles. The minimum Gasteiger partial charge on any atom is -0.416 e. The second-order valence-corrected chi connectivity index (χ2v) is 9.71. The van der Waals surface area contributed by atoms with Gasteiger partial charge in [-0.25, -0.2) is 8.42 Å². The molecule has 0 saturated carbocycles. The number of piperidine rings is 1. The summed E-state index contributed by atoms with van der Waals surface area (Å²) in [5, 5.41) is 8.22. The fourth-order valence-electron chi connectivity index (χ4n) is 3.01. The van der Waals surface area contributed by atoms with Crippen molar-refractivity contribution in [2.45, 2.75) is 35.8 Å². The lowest BCUT2D eigenvalue weighted by atomic mass is 9.94. The summed E-state index contributed by atoms with van der Waals surface area (Å²) < 4.78 is 29.5. The summed E-state index contributed by atoms with van der Waals surface area (Å²) in [5.74, 6) is 0.419. The largest absolute Gasteiger partial charge is 0.416 e. The van der Waals surface area contributed by atoms with E-state index in [-0.39, 0.29) is 27.5 Å². The zero-order valence-corrected chi connectivity index (χ0v) is 17.3. The van der Waals surface area contributed by atoms with E-state index in [9.17, 15) is 13.2 Å². The molecule has 2 aromatic heterocycles. The first-order valence-corrected chi connectivity index (χ1v) is 11.6. The Kier molecular flexibility index (Phi) is 6.07. The lowest BCUT2D eigenvalue weighted by Crippen LogP contribution is -2.40. The maximum Gasteiger partial charge on any atom is 0.277 e. The minimum atomic E-state index is -3.47. The van der Waals surface area contributed by atoms with Crippen LogP contribution in [0.4, 0.5) is 0 Å². The van der Waals surface area contributed by atoms with Gasteiger partial charge in [0.1, 0.15) is 0 Å². The van der Waals surface area contributed by atoms with Gasteiger partial charge in [-0.3, -0.25) is 9.78 Å². The highest BCUT2D eigenvalue weighted by Gasteiger charge is 2.29. The smallest absolute Gasteiger partial charge is 0.277 e. The van der Waals surface area contributed by atoms with Crippen molar-refractivity contribution in [3.63, 3.8) is 0 Å². The number of sulfone groups is 1. The highest BCUT2D eigenvalue weighted by atomic mass is 35.5. The van der Waals surface area contributed by atoms with Gasteiger partial charge in [0, 0.05) is 38.4 Å². The zero-order chi connectivity index (χ0) is 19.6. The molecule has 0 N–H and O–H groups in total. The number of hydrogen-bond acceptors (Lipinski definition) is 8. The van der Waals surface area contributed by atoms with Crippen LogP contribution >= 0.6 is 23.4 Å². The normalized spacial score (nSPS) is 17.9. The number of hydrogen-bond donors (Lipinski definition) is 0. The highest BCUT2D eigenvalue weighted by Crippen LogP contribution is 2.31. The number of aryl methyl sites for hydroxylation is 1. The molecular weight excluding hydrogens is 412 g/mol. The number of nitrogens with zero attached hydrogens (tertiary/aromatic N) is 4. The molecule has 1 fully saturated rings. The molecule has 27 heavy (non-hydrogen) atoms. The quantitative estimate of drug-likeness (QED) is 0.665. The molecule has 0 aliphatic carbocycles. The van der Waals surface area contributed by atoms with Crippen molar-refractivity contribution < 1.29 is 17.6 Å². The molecule has 146 valence electrons. The van der Waals surface area contributed by atoms with Gasteiger partial charge in [-0.05, 0) is 18.9 Å². The average molecular weight is 431 g/mol. The van der Waals surface area contributed by atoms with E-state index in [1.165, 1.54) is 24.0 Å². The van der Waals surface area contributed by atoms with Crippen molar-refractivity contribution in [3.8, 4) is 0 Å². The topological polar surface area (TPSA) is 106 Å². The van der Waals surface area contributed by atoms with Crippen molar-refractivity contribution in [1.29, 1.82) is 0 Å². The molecule has 11 heteroatoms. The molecule has 0 radical (unpaired) electrons. The van der Waals surface area contributed by atoms with Gasteiger partial charge in [-0.1, -0.05) is 23.4 Å². The number of likely N-dealkylation sites (tertiary alicyclic amines) is 1. The third-order valence-corrected chi connectivity index (χ3v) is 6.37. The molecule has 1 aliphatic rings. The summed E-state index contributed by atoms with van der Waals surface area (Å²) in [7, 11) is -3.47. The Morgan fingerprint density at radius 1 is 1.44 bits per heavy atom. The molecule has 1 saturated heterocycles. The Morgan fingerprint density at radius 2 is 2.22 bits per heavy atom. The van der Waals surface area contributed by atoms with Crippen LogP contribution in [0.15, 0.2) is 26.8 Å². The molecule has 2 aromatic rings. The van der Waals surface area contributed by atoms with Crippen LogP contribution in [0.3, 0.4) is 0 Å². The van der Waals surface area contributed by atoms with Gasteiger partial charge in [0.2, 0.25) is 11.8 Å².